The monoisotopic (exact) mass is 814 g/mol. The molecule has 0 fully saturated rings. The maximum atomic E-state index is 11.8. The molecule has 0 saturated heterocycles. The van der Waals surface area contributed by atoms with Gasteiger partial charge >= 0.3 is 11.9 Å². The van der Waals surface area contributed by atoms with E-state index in [4.69, 9.17) is 39.2 Å². The minimum Gasteiger partial charge on any atom is -0.454 e. The van der Waals surface area contributed by atoms with Crippen LogP contribution >= 0.6 is 118 Å². The van der Waals surface area contributed by atoms with E-state index in [0.717, 1.165) is 69.0 Å². The molecule has 0 aromatic rings. The van der Waals surface area contributed by atoms with Gasteiger partial charge in [-0.2, -0.15) is 23.5 Å². The summed E-state index contributed by atoms with van der Waals surface area (Å²) >= 11 is 16.0. The molecule has 0 spiro atoms. The highest BCUT2D eigenvalue weighted by molar-refractivity contribution is 8.04. The van der Waals surface area contributed by atoms with Gasteiger partial charge in [0.25, 0.3) is 0 Å². The molecule has 10 nitrogen and oxygen atoms in total. The first-order chi connectivity index (χ1) is 21.7. The first kappa shape index (κ1) is 46.2. The number of hydrogen-bond donors (Lipinski definition) is 2. The number of thioether (sulfide) groups is 10. The van der Waals surface area contributed by atoms with E-state index in [1.54, 1.807) is 94.1 Å². The van der Waals surface area contributed by atoms with Gasteiger partial charge < -0.3 is 19.7 Å². The van der Waals surface area contributed by atoms with Crippen molar-refractivity contribution in [3.63, 3.8) is 0 Å². The van der Waals surface area contributed by atoms with Crippen molar-refractivity contribution in [1.82, 2.24) is 0 Å². The predicted octanol–water partition coefficient (Wildman–Crippen LogP) is 5.03. The Morgan fingerprint density at radius 3 is 1.14 bits per heavy atom. The summed E-state index contributed by atoms with van der Waals surface area (Å²) in [6, 6.07) is 0. The third-order valence-electron chi connectivity index (χ3n) is 4.14. The molecule has 0 radical (unpaired) electrons. The van der Waals surface area contributed by atoms with Crippen molar-refractivity contribution in [1.29, 1.82) is 0 Å². The fraction of sp³-hybridized carbons (Fsp3) is 0.917. The second-order valence-electron chi connectivity index (χ2n) is 7.42. The molecule has 0 saturated carbocycles. The van der Waals surface area contributed by atoms with Crippen LogP contribution < -0.4 is 0 Å². The lowest BCUT2D eigenvalue weighted by atomic mass is 10.8. The molecule has 262 valence electrons. The Bertz CT molecular complexity index is 620. The minimum atomic E-state index is -0.186. The zero-order valence-corrected chi connectivity index (χ0v) is 33.0. The molecule has 0 aliphatic heterocycles. The molecule has 0 aromatic carbocycles. The van der Waals surface area contributed by atoms with E-state index in [-0.39, 0.29) is 23.8 Å². The van der Waals surface area contributed by atoms with Gasteiger partial charge in [0, 0.05) is 69.0 Å². The van der Waals surface area contributed by atoms with E-state index in [9.17, 15) is 9.59 Å². The number of hydrogen-bond acceptors (Lipinski definition) is 20. The van der Waals surface area contributed by atoms with Crippen LogP contribution in [0.3, 0.4) is 0 Å². The third kappa shape index (κ3) is 40.4. The summed E-state index contributed by atoms with van der Waals surface area (Å²) in [5.74, 6) is 12.9. The van der Waals surface area contributed by atoms with Gasteiger partial charge in [-0.1, -0.05) is 0 Å². The molecule has 0 heterocycles. The summed E-state index contributed by atoms with van der Waals surface area (Å²) < 4.78 is 10.4. The van der Waals surface area contributed by atoms with Crippen LogP contribution in [0.25, 0.3) is 0 Å². The topological polar surface area (TPSA) is 130 Å². The SMILES string of the molecule is O=C(CSCCSCCOOCSCCSCOC(=O)CSCCSCCOOCSCCSCO)OCSCCSCO. The van der Waals surface area contributed by atoms with E-state index in [1.807, 2.05) is 0 Å². The highest BCUT2D eigenvalue weighted by atomic mass is 32.2. The molecule has 0 atom stereocenters. The molecular formula is C24H46O10S10. The standard InChI is InChI=1S/C24H46O10S10/c25-17-39-9-11-41-19-29-23(27)15-37-7-5-36-4-2-32-34-22-44-14-13-42-20-30-24(28)16-38-8-6-35-3-1-31-33-21-43-12-10-40-18-26/h25-26H,1-22H2. The predicted molar refractivity (Wildman–Crippen MR) is 204 cm³/mol. The highest BCUT2D eigenvalue weighted by Gasteiger charge is 2.04. The van der Waals surface area contributed by atoms with Crippen LogP contribution in [-0.2, 0) is 38.6 Å². The lowest BCUT2D eigenvalue weighted by Crippen LogP contribution is -2.08. The Kier molecular flexibility index (Phi) is 43.4. The summed E-state index contributed by atoms with van der Waals surface area (Å²) in [4.78, 5) is 44.0. The van der Waals surface area contributed by atoms with Gasteiger partial charge in [0.2, 0.25) is 0 Å². The van der Waals surface area contributed by atoms with Crippen molar-refractivity contribution < 1.29 is 48.8 Å². The van der Waals surface area contributed by atoms with Crippen molar-refractivity contribution in [2.24, 2.45) is 0 Å². The Labute approximate surface area is 305 Å². The van der Waals surface area contributed by atoms with Crippen LogP contribution in [0.5, 0.6) is 0 Å². The lowest BCUT2D eigenvalue weighted by Gasteiger charge is -2.06. The van der Waals surface area contributed by atoms with Gasteiger partial charge in [-0.15, -0.1) is 94.1 Å². The van der Waals surface area contributed by atoms with Crippen molar-refractivity contribution in [3.8, 4) is 0 Å². The van der Waals surface area contributed by atoms with Crippen molar-refractivity contribution in [3.05, 3.63) is 0 Å². The molecule has 0 amide bonds. The lowest BCUT2D eigenvalue weighted by molar-refractivity contribution is -0.274. The van der Waals surface area contributed by atoms with Crippen LogP contribution in [0.15, 0.2) is 0 Å². The number of rotatable bonds is 37. The van der Waals surface area contributed by atoms with Crippen molar-refractivity contribution >= 4 is 130 Å². The quantitative estimate of drug-likeness (QED) is 0.0286. The average molecular weight is 815 g/mol. The number of esters is 2. The number of aliphatic hydroxyl groups excluding tert-OH is 2. The van der Waals surface area contributed by atoms with E-state index in [1.165, 1.54) is 23.5 Å². The molecule has 20 heteroatoms. The maximum absolute atomic E-state index is 11.8. The summed E-state index contributed by atoms with van der Waals surface area (Å²) in [6.45, 7) is 1.05. The molecule has 0 aliphatic carbocycles. The number of carbonyl (C=O) groups excluding carboxylic acids is 2. The number of carbonyl (C=O) groups is 2. The van der Waals surface area contributed by atoms with Gasteiger partial charge in [0.1, 0.15) is 23.8 Å². The van der Waals surface area contributed by atoms with Crippen LogP contribution in [0.1, 0.15) is 0 Å². The second-order valence-corrected chi connectivity index (χ2v) is 18.4. The van der Waals surface area contributed by atoms with E-state index < -0.39 is 0 Å². The highest BCUT2D eigenvalue weighted by Crippen LogP contribution is 2.12. The minimum absolute atomic E-state index is 0.126. The van der Waals surface area contributed by atoms with E-state index in [2.05, 4.69) is 0 Å². The zero-order chi connectivity index (χ0) is 32.0. The summed E-state index contributed by atoms with van der Waals surface area (Å²) in [5.41, 5.74) is 0. The maximum Gasteiger partial charge on any atom is 0.316 e. The Balaban J connectivity index is 3.19. The summed E-state index contributed by atoms with van der Waals surface area (Å²) in [5, 5.41) is 17.3. The Hall–Kier alpha value is 2.20. The number of ether oxygens (including phenoxy) is 2. The normalized spacial score (nSPS) is 11.2. The van der Waals surface area contributed by atoms with Gasteiger partial charge in [-0.3, -0.25) is 9.59 Å². The third-order valence-corrected chi connectivity index (χ3v) is 13.6. The van der Waals surface area contributed by atoms with Crippen molar-refractivity contribution in [2.75, 3.05) is 129 Å². The molecule has 2 N–H and O–H groups in total. The fourth-order valence-electron chi connectivity index (χ4n) is 2.21. The number of aliphatic hydroxyl groups is 2. The van der Waals surface area contributed by atoms with Gasteiger partial charge in [-0.25, -0.2) is 19.6 Å². The molecular weight excluding hydrogens is 769 g/mol. The second kappa shape index (κ2) is 41.4. The molecule has 0 aromatic heterocycles. The van der Waals surface area contributed by atoms with Crippen LogP contribution in [0.4, 0.5) is 0 Å². The van der Waals surface area contributed by atoms with Crippen molar-refractivity contribution in [2.45, 2.75) is 0 Å². The van der Waals surface area contributed by atoms with Crippen LogP contribution in [0, 0.1) is 0 Å². The van der Waals surface area contributed by atoms with Gasteiger partial charge in [-0.05, 0) is 0 Å². The summed E-state index contributed by atoms with van der Waals surface area (Å²) in [7, 11) is 0. The first-order valence-corrected chi connectivity index (χ1v) is 25.0. The molecule has 0 rings (SSSR count). The first-order valence-electron chi connectivity index (χ1n) is 13.5. The molecule has 0 bridgehead atoms. The van der Waals surface area contributed by atoms with Gasteiger partial charge in [0.05, 0.1) is 36.6 Å². The molecule has 0 unspecified atom stereocenters. The smallest absolute Gasteiger partial charge is 0.316 e. The Morgan fingerprint density at radius 1 is 0.386 bits per heavy atom. The van der Waals surface area contributed by atoms with Crippen LogP contribution in [0.2, 0.25) is 0 Å². The molecule has 44 heavy (non-hydrogen) atoms. The van der Waals surface area contributed by atoms with E-state index in [0.29, 0.717) is 48.5 Å². The average Bonchev–Trinajstić information content (AvgIpc) is 3.02. The zero-order valence-electron chi connectivity index (χ0n) is 24.8. The fourth-order valence-corrected chi connectivity index (χ4v) is 9.92. The Morgan fingerprint density at radius 2 is 0.727 bits per heavy atom. The summed E-state index contributed by atoms with van der Waals surface area (Å²) in [6.07, 6.45) is 0. The van der Waals surface area contributed by atoms with E-state index >= 15 is 0 Å². The molecule has 0 aliphatic rings. The largest absolute Gasteiger partial charge is 0.454 e. The van der Waals surface area contributed by atoms with Crippen LogP contribution in [-0.4, -0.2) is 152 Å². The van der Waals surface area contributed by atoms with Gasteiger partial charge in [0.15, 0.2) is 0 Å².